The average Bonchev–Trinajstić information content (AvgIpc) is 2.04. The molecule has 0 fully saturated rings. The van der Waals surface area contributed by atoms with Crippen LogP contribution in [0.2, 0.25) is 0 Å². The van der Waals surface area contributed by atoms with Crippen LogP contribution >= 0.6 is 0 Å². The summed E-state index contributed by atoms with van der Waals surface area (Å²) in [7, 11) is 0. The second kappa shape index (κ2) is 11.4. The highest BCUT2D eigenvalue weighted by Crippen LogP contribution is 1.96. The van der Waals surface area contributed by atoms with E-state index in [0.717, 1.165) is 0 Å². The van der Waals surface area contributed by atoms with E-state index < -0.39 is 0 Å². The van der Waals surface area contributed by atoms with Crippen LogP contribution in [0.4, 0.5) is 0 Å². The molecule has 0 saturated heterocycles. The summed E-state index contributed by atoms with van der Waals surface area (Å²) in [5.41, 5.74) is 5.07. The van der Waals surface area contributed by atoms with Crippen molar-refractivity contribution in [3.63, 3.8) is 0 Å². The van der Waals surface area contributed by atoms with Gasteiger partial charge in [0.1, 0.15) is 0 Å². The zero-order chi connectivity index (χ0) is 10.7. The fourth-order valence-corrected chi connectivity index (χ4v) is 0.557. The van der Waals surface area contributed by atoms with Crippen LogP contribution in [0.15, 0.2) is 0 Å². The highest BCUT2D eigenvalue weighted by atomic mass is 16.1. The smallest absolute Gasteiger partial charge is 0.221 e. The number of carbonyl (C=O) groups is 1. The number of carbonyl (C=O) groups excluding carboxylic acids is 1. The van der Waals surface area contributed by atoms with Gasteiger partial charge in [-0.15, -0.1) is 0 Å². The van der Waals surface area contributed by atoms with Crippen molar-refractivity contribution >= 4 is 5.91 Å². The molecule has 0 heterocycles. The number of nitrogens with one attached hydrogen (secondary N) is 1. The molecule has 0 aliphatic heterocycles. The van der Waals surface area contributed by atoms with E-state index >= 15 is 0 Å². The van der Waals surface area contributed by atoms with Gasteiger partial charge in [-0.1, -0.05) is 40.5 Å². The SMILES string of the molecule is CC(C)CC(=O)NCN.CCCC. The van der Waals surface area contributed by atoms with Crippen LogP contribution in [0.25, 0.3) is 0 Å². The lowest BCUT2D eigenvalue weighted by atomic mass is 10.1. The van der Waals surface area contributed by atoms with Gasteiger partial charge in [0.05, 0.1) is 6.67 Å². The Hall–Kier alpha value is -0.570. The maximum Gasteiger partial charge on any atom is 0.221 e. The number of hydrogen-bond donors (Lipinski definition) is 2. The minimum Gasteiger partial charge on any atom is -0.344 e. The lowest BCUT2D eigenvalue weighted by molar-refractivity contribution is -0.121. The second-order valence-corrected chi connectivity index (χ2v) is 3.40. The zero-order valence-corrected chi connectivity index (χ0v) is 9.39. The summed E-state index contributed by atoms with van der Waals surface area (Å²) in [6, 6.07) is 0. The van der Waals surface area contributed by atoms with E-state index in [1.165, 1.54) is 12.8 Å². The van der Waals surface area contributed by atoms with Gasteiger partial charge in [-0.3, -0.25) is 4.79 Å². The molecule has 3 nitrogen and oxygen atoms in total. The topological polar surface area (TPSA) is 55.1 Å². The Morgan fingerprint density at radius 1 is 1.31 bits per heavy atom. The molecule has 0 aliphatic rings. The molecule has 0 unspecified atom stereocenters. The van der Waals surface area contributed by atoms with Crippen molar-refractivity contribution < 1.29 is 4.79 Å². The maximum absolute atomic E-state index is 10.7. The largest absolute Gasteiger partial charge is 0.344 e. The second-order valence-electron chi connectivity index (χ2n) is 3.40. The first-order chi connectivity index (χ1) is 6.08. The normalized spacial score (nSPS) is 9.08. The highest BCUT2D eigenvalue weighted by Gasteiger charge is 2.00. The molecule has 13 heavy (non-hydrogen) atoms. The Kier molecular flexibility index (Phi) is 13.1. The molecule has 0 aromatic carbocycles. The van der Waals surface area contributed by atoms with Crippen LogP contribution in [-0.4, -0.2) is 12.6 Å². The summed E-state index contributed by atoms with van der Waals surface area (Å²) in [5.74, 6) is 0.448. The molecule has 0 bridgehead atoms. The Morgan fingerprint density at radius 3 is 2.00 bits per heavy atom. The Balaban J connectivity index is 0. The minimum absolute atomic E-state index is 0.0347. The summed E-state index contributed by atoms with van der Waals surface area (Å²) >= 11 is 0. The first kappa shape index (κ1) is 14.9. The summed E-state index contributed by atoms with van der Waals surface area (Å²) in [5, 5.41) is 2.52. The molecule has 0 spiro atoms. The van der Waals surface area contributed by atoms with Crippen LogP contribution in [0.3, 0.4) is 0 Å². The molecule has 0 radical (unpaired) electrons. The molecule has 3 N–H and O–H groups in total. The van der Waals surface area contributed by atoms with Gasteiger partial charge in [-0.25, -0.2) is 0 Å². The third kappa shape index (κ3) is 18.4. The molecule has 0 aliphatic carbocycles. The molecule has 0 aromatic heterocycles. The molecular formula is C10H24N2O. The minimum atomic E-state index is 0.0347. The van der Waals surface area contributed by atoms with E-state index in [9.17, 15) is 4.79 Å². The van der Waals surface area contributed by atoms with Crippen molar-refractivity contribution in [1.29, 1.82) is 0 Å². The highest BCUT2D eigenvalue weighted by molar-refractivity contribution is 5.75. The van der Waals surface area contributed by atoms with E-state index in [-0.39, 0.29) is 12.6 Å². The molecule has 0 atom stereocenters. The first-order valence-corrected chi connectivity index (χ1v) is 5.05. The van der Waals surface area contributed by atoms with E-state index in [0.29, 0.717) is 12.3 Å². The lowest BCUT2D eigenvalue weighted by Gasteiger charge is -2.02. The molecule has 0 saturated carbocycles. The predicted octanol–water partition coefficient (Wildman–Crippen LogP) is 1.87. The van der Waals surface area contributed by atoms with Crippen molar-refractivity contribution in [3.8, 4) is 0 Å². The van der Waals surface area contributed by atoms with Crippen LogP contribution in [0.1, 0.15) is 47.0 Å². The van der Waals surface area contributed by atoms with Crippen LogP contribution in [-0.2, 0) is 4.79 Å². The number of amides is 1. The summed E-state index contributed by atoms with van der Waals surface area (Å²) in [6.07, 6.45) is 3.21. The summed E-state index contributed by atoms with van der Waals surface area (Å²) < 4.78 is 0. The van der Waals surface area contributed by atoms with Crippen molar-refractivity contribution in [1.82, 2.24) is 5.32 Å². The van der Waals surface area contributed by atoms with Gasteiger partial charge in [0.15, 0.2) is 0 Å². The monoisotopic (exact) mass is 188 g/mol. The van der Waals surface area contributed by atoms with Crippen molar-refractivity contribution in [2.24, 2.45) is 11.7 Å². The van der Waals surface area contributed by atoms with Gasteiger partial charge in [0.2, 0.25) is 5.91 Å². The number of nitrogens with two attached hydrogens (primary N) is 1. The third-order valence-corrected chi connectivity index (χ3v) is 1.39. The number of rotatable bonds is 4. The Morgan fingerprint density at radius 2 is 1.77 bits per heavy atom. The standard InChI is InChI=1S/C6H14N2O.C4H10/c1-5(2)3-6(9)8-4-7;1-3-4-2/h5H,3-4,7H2,1-2H3,(H,8,9);3-4H2,1-2H3. The van der Waals surface area contributed by atoms with Crippen molar-refractivity contribution in [3.05, 3.63) is 0 Å². The van der Waals surface area contributed by atoms with Gasteiger partial charge < -0.3 is 11.1 Å². The van der Waals surface area contributed by atoms with Gasteiger partial charge in [0, 0.05) is 6.42 Å². The van der Waals surface area contributed by atoms with Gasteiger partial charge in [0.25, 0.3) is 0 Å². The van der Waals surface area contributed by atoms with Crippen LogP contribution in [0.5, 0.6) is 0 Å². The van der Waals surface area contributed by atoms with Crippen molar-refractivity contribution in [2.75, 3.05) is 6.67 Å². The fraction of sp³-hybridized carbons (Fsp3) is 0.900. The quantitative estimate of drug-likeness (QED) is 0.662. The fourth-order valence-electron chi connectivity index (χ4n) is 0.557. The third-order valence-electron chi connectivity index (χ3n) is 1.39. The first-order valence-electron chi connectivity index (χ1n) is 5.05. The Bertz CT molecular complexity index is 111. The lowest BCUT2D eigenvalue weighted by Crippen LogP contribution is -2.29. The molecular weight excluding hydrogens is 164 g/mol. The molecule has 3 heteroatoms. The van der Waals surface area contributed by atoms with E-state index in [1.807, 2.05) is 13.8 Å². The number of hydrogen-bond acceptors (Lipinski definition) is 2. The molecule has 0 rings (SSSR count). The van der Waals surface area contributed by atoms with Crippen LogP contribution in [0, 0.1) is 5.92 Å². The molecule has 80 valence electrons. The summed E-state index contributed by atoms with van der Waals surface area (Å²) in [6.45, 7) is 8.59. The Labute approximate surface area is 82.1 Å². The predicted molar refractivity (Wildman–Crippen MR) is 57.2 cm³/mol. The van der Waals surface area contributed by atoms with Gasteiger partial charge >= 0.3 is 0 Å². The van der Waals surface area contributed by atoms with E-state index in [4.69, 9.17) is 5.73 Å². The maximum atomic E-state index is 10.7. The van der Waals surface area contributed by atoms with Gasteiger partial charge in [-0.05, 0) is 5.92 Å². The van der Waals surface area contributed by atoms with Crippen LogP contribution < -0.4 is 11.1 Å². The average molecular weight is 188 g/mol. The van der Waals surface area contributed by atoms with Crippen molar-refractivity contribution in [2.45, 2.75) is 47.0 Å². The molecule has 1 amide bonds. The van der Waals surface area contributed by atoms with E-state index in [1.54, 1.807) is 0 Å². The summed E-state index contributed by atoms with van der Waals surface area (Å²) in [4.78, 5) is 10.7. The van der Waals surface area contributed by atoms with Gasteiger partial charge in [-0.2, -0.15) is 0 Å². The van der Waals surface area contributed by atoms with E-state index in [2.05, 4.69) is 19.2 Å². The molecule has 0 aromatic rings. The zero-order valence-electron chi connectivity index (χ0n) is 9.39. The number of unbranched alkanes of at least 4 members (excludes halogenated alkanes) is 1.